The Morgan fingerprint density at radius 1 is 1.25 bits per heavy atom. The molecule has 0 saturated carbocycles. The molecular weight excluding hydrogens is 411 g/mol. The Morgan fingerprint density at radius 2 is 2.03 bits per heavy atom. The number of anilines is 2. The lowest BCUT2D eigenvalue weighted by molar-refractivity contribution is 0.0958. The lowest BCUT2D eigenvalue weighted by Gasteiger charge is -2.42. The van der Waals surface area contributed by atoms with E-state index in [9.17, 15) is 9.59 Å². The summed E-state index contributed by atoms with van der Waals surface area (Å²) in [5, 5.41) is 2.56. The van der Waals surface area contributed by atoms with E-state index in [0.29, 0.717) is 42.2 Å². The highest BCUT2D eigenvalue weighted by Crippen LogP contribution is 2.29. The number of pyridine rings is 1. The molecule has 0 spiro atoms. The summed E-state index contributed by atoms with van der Waals surface area (Å²) in [6.45, 7) is 7.71. The van der Waals surface area contributed by atoms with Crippen LogP contribution in [0.15, 0.2) is 35.3 Å². The first-order chi connectivity index (χ1) is 15.3. The fourth-order valence-corrected chi connectivity index (χ4v) is 4.14. The molecule has 3 heterocycles. The lowest BCUT2D eigenvalue weighted by atomic mass is 10.1. The van der Waals surface area contributed by atoms with Crippen LogP contribution >= 0.6 is 0 Å². The van der Waals surface area contributed by atoms with E-state index in [-0.39, 0.29) is 28.9 Å². The fraction of sp³-hybridized carbons (Fsp3) is 0.391. The van der Waals surface area contributed by atoms with Gasteiger partial charge in [0.1, 0.15) is 16.9 Å². The number of halogens is 1. The minimum Gasteiger partial charge on any atom is -0.365 e. The molecule has 3 aromatic rings. The van der Waals surface area contributed by atoms with E-state index in [1.165, 1.54) is 0 Å². The number of fused-ring (bicyclic) bond motifs is 1. The number of aromatic amines is 1. The molecule has 1 amide bonds. The number of H-pyrrole nitrogens is 1. The zero-order chi connectivity index (χ0) is 23.0. The number of carbonyl (C=O) groups is 1. The van der Waals surface area contributed by atoms with Crippen LogP contribution in [0, 0.1) is 5.82 Å². The van der Waals surface area contributed by atoms with Gasteiger partial charge in [0, 0.05) is 38.6 Å². The highest BCUT2D eigenvalue weighted by Gasteiger charge is 2.27. The molecule has 0 bridgehead atoms. The molecule has 2 aromatic heterocycles. The number of piperazine rings is 1. The minimum absolute atomic E-state index is 0.0419. The maximum Gasteiger partial charge on any atom is 0.270 e. The molecule has 1 fully saturated rings. The largest absolute Gasteiger partial charge is 0.365 e. The number of hydrogen-bond acceptors (Lipinski definition) is 6. The van der Waals surface area contributed by atoms with Gasteiger partial charge in [-0.3, -0.25) is 9.59 Å². The Kier molecular flexibility index (Phi) is 5.82. The maximum atomic E-state index is 15.4. The second kappa shape index (κ2) is 8.57. The lowest BCUT2D eigenvalue weighted by Crippen LogP contribution is -2.52. The molecule has 2 N–H and O–H groups in total. The Hall–Kier alpha value is -3.49. The molecule has 1 aliphatic rings. The van der Waals surface area contributed by atoms with Crippen LogP contribution in [0.4, 0.5) is 15.8 Å². The molecule has 1 saturated heterocycles. The number of benzene rings is 1. The van der Waals surface area contributed by atoms with E-state index in [1.54, 1.807) is 31.4 Å². The first-order valence-corrected chi connectivity index (χ1v) is 10.7. The van der Waals surface area contributed by atoms with Crippen LogP contribution < -0.4 is 20.7 Å². The molecule has 0 aliphatic carbocycles. The Morgan fingerprint density at radius 3 is 2.66 bits per heavy atom. The summed E-state index contributed by atoms with van der Waals surface area (Å²) in [6, 6.07) is 7.16. The average molecular weight is 439 g/mol. The standard InChI is InChI=1S/C23H27FN6O2/c1-13(2)20-23(32)28-21-16(27-20)7-8-18(19(21)24)29-9-10-30(14(3)12-29)15-5-6-17(26-11-15)22(31)25-4/h5-8,11,13-14H,9-10,12H2,1-4H3,(H,25,31)(H,28,32). The fourth-order valence-electron chi connectivity index (χ4n) is 4.14. The van der Waals surface area contributed by atoms with Gasteiger partial charge >= 0.3 is 0 Å². The Balaban J connectivity index is 1.56. The molecule has 32 heavy (non-hydrogen) atoms. The number of hydrogen-bond donors (Lipinski definition) is 2. The van der Waals surface area contributed by atoms with Crippen LogP contribution in [0.25, 0.3) is 11.0 Å². The summed E-state index contributed by atoms with van der Waals surface area (Å²) in [7, 11) is 1.57. The smallest absolute Gasteiger partial charge is 0.270 e. The summed E-state index contributed by atoms with van der Waals surface area (Å²) in [4.78, 5) is 39.5. The summed E-state index contributed by atoms with van der Waals surface area (Å²) < 4.78 is 15.4. The van der Waals surface area contributed by atoms with Crippen molar-refractivity contribution in [2.45, 2.75) is 32.7 Å². The topological polar surface area (TPSA) is 94.2 Å². The van der Waals surface area contributed by atoms with E-state index < -0.39 is 5.82 Å². The van der Waals surface area contributed by atoms with Crippen molar-refractivity contribution < 1.29 is 9.18 Å². The van der Waals surface area contributed by atoms with Gasteiger partial charge < -0.3 is 20.1 Å². The highest BCUT2D eigenvalue weighted by molar-refractivity contribution is 5.92. The zero-order valence-electron chi connectivity index (χ0n) is 18.6. The van der Waals surface area contributed by atoms with E-state index in [1.807, 2.05) is 24.8 Å². The molecular formula is C23H27FN6O2. The summed E-state index contributed by atoms with van der Waals surface area (Å²) >= 11 is 0. The van der Waals surface area contributed by atoms with Gasteiger partial charge in [-0.15, -0.1) is 0 Å². The van der Waals surface area contributed by atoms with E-state index in [2.05, 4.69) is 32.1 Å². The second-order valence-corrected chi connectivity index (χ2v) is 8.37. The van der Waals surface area contributed by atoms with Gasteiger partial charge in [-0.2, -0.15) is 0 Å². The van der Waals surface area contributed by atoms with Crippen molar-refractivity contribution in [1.29, 1.82) is 0 Å². The molecule has 1 aliphatic heterocycles. The van der Waals surface area contributed by atoms with E-state index in [0.717, 1.165) is 5.69 Å². The van der Waals surface area contributed by atoms with Crippen molar-refractivity contribution in [2.24, 2.45) is 0 Å². The average Bonchev–Trinajstić information content (AvgIpc) is 2.79. The molecule has 1 unspecified atom stereocenters. The Labute approximate surface area is 185 Å². The molecule has 0 radical (unpaired) electrons. The third kappa shape index (κ3) is 3.90. The summed E-state index contributed by atoms with van der Waals surface area (Å²) in [5.74, 6) is -0.728. The minimum atomic E-state index is -0.459. The highest BCUT2D eigenvalue weighted by atomic mass is 19.1. The predicted molar refractivity (Wildman–Crippen MR) is 123 cm³/mol. The summed E-state index contributed by atoms with van der Waals surface area (Å²) in [5.41, 5.74) is 2.37. The van der Waals surface area contributed by atoms with Gasteiger partial charge in [0.15, 0.2) is 5.82 Å². The van der Waals surface area contributed by atoms with Crippen molar-refractivity contribution in [1.82, 2.24) is 20.3 Å². The van der Waals surface area contributed by atoms with Crippen molar-refractivity contribution in [3.63, 3.8) is 0 Å². The normalized spacial score (nSPS) is 16.6. The van der Waals surface area contributed by atoms with Crippen LogP contribution in [0.3, 0.4) is 0 Å². The molecule has 168 valence electrons. The predicted octanol–water partition coefficient (Wildman–Crippen LogP) is 2.66. The van der Waals surface area contributed by atoms with Crippen molar-refractivity contribution >= 4 is 28.3 Å². The third-order valence-corrected chi connectivity index (χ3v) is 5.87. The van der Waals surface area contributed by atoms with Crippen LogP contribution in [0.2, 0.25) is 0 Å². The quantitative estimate of drug-likeness (QED) is 0.651. The van der Waals surface area contributed by atoms with E-state index in [4.69, 9.17) is 0 Å². The van der Waals surface area contributed by atoms with Crippen molar-refractivity contribution in [3.05, 3.63) is 58.0 Å². The molecule has 1 aromatic carbocycles. The maximum absolute atomic E-state index is 15.4. The van der Waals surface area contributed by atoms with Gasteiger partial charge in [0.05, 0.1) is 23.1 Å². The summed E-state index contributed by atoms with van der Waals surface area (Å²) in [6.07, 6.45) is 1.69. The van der Waals surface area contributed by atoms with Gasteiger partial charge in [0.2, 0.25) is 0 Å². The molecule has 9 heteroatoms. The van der Waals surface area contributed by atoms with Gasteiger partial charge in [0.25, 0.3) is 11.5 Å². The first-order valence-electron chi connectivity index (χ1n) is 10.7. The van der Waals surface area contributed by atoms with Crippen LogP contribution in [0.1, 0.15) is 42.9 Å². The molecule has 8 nitrogen and oxygen atoms in total. The van der Waals surface area contributed by atoms with Crippen LogP contribution in [-0.2, 0) is 0 Å². The second-order valence-electron chi connectivity index (χ2n) is 8.37. The van der Waals surface area contributed by atoms with Gasteiger partial charge in [-0.05, 0) is 31.2 Å². The first kappa shape index (κ1) is 21.7. The number of nitrogens with zero attached hydrogens (tertiary/aromatic N) is 4. The molecule has 1 atom stereocenters. The zero-order valence-corrected chi connectivity index (χ0v) is 18.6. The number of carbonyl (C=O) groups excluding carboxylic acids is 1. The van der Waals surface area contributed by atoms with E-state index >= 15 is 4.39 Å². The van der Waals surface area contributed by atoms with Gasteiger partial charge in [-0.25, -0.2) is 14.4 Å². The third-order valence-electron chi connectivity index (χ3n) is 5.87. The molecule has 4 rings (SSSR count). The Bertz CT molecular complexity index is 1210. The number of nitrogens with one attached hydrogen (secondary N) is 2. The van der Waals surface area contributed by atoms with Gasteiger partial charge in [-0.1, -0.05) is 13.8 Å². The number of amides is 1. The van der Waals surface area contributed by atoms with Crippen LogP contribution in [0.5, 0.6) is 0 Å². The SMILES string of the molecule is CNC(=O)c1ccc(N2CCN(c3ccc4nc(C(C)C)c(=O)[nH]c4c3F)CC2C)cn1. The number of rotatable bonds is 4. The van der Waals surface area contributed by atoms with Crippen molar-refractivity contribution in [3.8, 4) is 0 Å². The number of aromatic nitrogens is 3. The van der Waals surface area contributed by atoms with Crippen LogP contribution in [-0.4, -0.2) is 53.6 Å². The van der Waals surface area contributed by atoms with Crippen molar-refractivity contribution in [2.75, 3.05) is 36.5 Å². The monoisotopic (exact) mass is 438 g/mol.